The van der Waals surface area contributed by atoms with Crippen molar-refractivity contribution in [3.63, 3.8) is 0 Å². The van der Waals surface area contributed by atoms with Crippen molar-refractivity contribution in [1.82, 2.24) is 20.0 Å². The van der Waals surface area contributed by atoms with Gasteiger partial charge >= 0.3 is 6.03 Å². The standard InChI is InChI=1S/C28H36N4O3/c33-25(12-11-23-27(34)32(28(35)29-23)17-19-7-2-1-3-8-19)31-14-6-9-20-15-21-16-22(26(20)31)18-30-13-5-4-10-24(21)30/h1-3,7-8,15,21-24,26H,4-6,9-14,16-18H2,(H,29,35)/t21-,22-,23-,24-,26-/m0/s1. The molecule has 4 heterocycles. The Labute approximate surface area is 207 Å². The lowest BCUT2D eigenvalue weighted by Gasteiger charge is -2.54. The molecule has 1 aromatic rings. The molecule has 4 fully saturated rings. The summed E-state index contributed by atoms with van der Waals surface area (Å²) in [6, 6.07) is 9.47. The number of urea groups is 1. The Kier molecular flexibility index (Phi) is 6.13. The zero-order valence-corrected chi connectivity index (χ0v) is 20.4. The number of piperidine rings is 3. The molecule has 7 heteroatoms. The zero-order valence-electron chi connectivity index (χ0n) is 20.4. The van der Waals surface area contributed by atoms with Gasteiger partial charge in [0, 0.05) is 25.6 Å². The molecule has 1 aliphatic carbocycles. The molecule has 4 saturated heterocycles. The summed E-state index contributed by atoms with van der Waals surface area (Å²) in [5.41, 5.74) is 2.40. The highest BCUT2D eigenvalue weighted by atomic mass is 16.2. The molecule has 1 aromatic carbocycles. The molecule has 1 N–H and O–H groups in total. The van der Waals surface area contributed by atoms with Gasteiger partial charge in [-0.15, -0.1) is 0 Å². The van der Waals surface area contributed by atoms with E-state index in [0.717, 1.165) is 31.5 Å². The summed E-state index contributed by atoms with van der Waals surface area (Å²) in [4.78, 5) is 44.9. The summed E-state index contributed by atoms with van der Waals surface area (Å²) >= 11 is 0. The van der Waals surface area contributed by atoms with Crippen molar-refractivity contribution in [2.45, 2.75) is 76.0 Å². The average Bonchev–Trinajstić information content (AvgIpc) is 3.15. The second-order valence-electron chi connectivity index (χ2n) is 11.0. The Bertz CT molecular complexity index is 1020. The number of hydrogen-bond donors (Lipinski definition) is 1. The third kappa shape index (κ3) is 4.28. The fraction of sp³-hybridized carbons (Fsp3) is 0.607. The minimum Gasteiger partial charge on any atom is -0.336 e. The largest absolute Gasteiger partial charge is 0.336 e. The Morgan fingerprint density at radius 1 is 1.06 bits per heavy atom. The number of imide groups is 1. The molecule has 2 bridgehead atoms. The summed E-state index contributed by atoms with van der Waals surface area (Å²) in [6.45, 7) is 3.37. The van der Waals surface area contributed by atoms with Crippen LogP contribution in [0.4, 0.5) is 4.79 Å². The van der Waals surface area contributed by atoms with Gasteiger partial charge in [0.15, 0.2) is 0 Å². The van der Waals surface area contributed by atoms with Crippen LogP contribution in [0, 0.1) is 11.8 Å². The molecule has 0 unspecified atom stereocenters. The van der Waals surface area contributed by atoms with Gasteiger partial charge in [-0.2, -0.15) is 0 Å². The highest BCUT2D eigenvalue weighted by Gasteiger charge is 2.47. The van der Waals surface area contributed by atoms with Gasteiger partial charge in [-0.3, -0.25) is 19.4 Å². The number of rotatable bonds is 5. The normalized spacial score (nSPS) is 32.6. The van der Waals surface area contributed by atoms with E-state index >= 15 is 0 Å². The number of carbonyl (C=O) groups is 3. The van der Waals surface area contributed by atoms with Crippen LogP contribution in [0.3, 0.4) is 0 Å². The van der Waals surface area contributed by atoms with Gasteiger partial charge in [-0.25, -0.2) is 4.79 Å². The summed E-state index contributed by atoms with van der Waals surface area (Å²) in [7, 11) is 0. The van der Waals surface area contributed by atoms with Crippen LogP contribution in [0.5, 0.6) is 0 Å². The first-order valence-electron chi connectivity index (χ1n) is 13.5. The second kappa shape index (κ2) is 9.41. The van der Waals surface area contributed by atoms with Crippen molar-refractivity contribution in [1.29, 1.82) is 0 Å². The first-order valence-corrected chi connectivity index (χ1v) is 13.5. The third-order valence-electron chi connectivity index (χ3n) is 8.91. The van der Waals surface area contributed by atoms with Crippen LogP contribution in [0.1, 0.15) is 56.9 Å². The highest BCUT2D eigenvalue weighted by molar-refractivity contribution is 6.04. The van der Waals surface area contributed by atoms with Gasteiger partial charge in [0.05, 0.1) is 12.6 Å². The van der Waals surface area contributed by atoms with Crippen molar-refractivity contribution in [2.75, 3.05) is 19.6 Å². The molecule has 4 amide bonds. The maximum Gasteiger partial charge on any atom is 0.325 e. The zero-order chi connectivity index (χ0) is 23.9. The van der Waals surface area contributed by atoms with Crippen molar-refractivity contribution < 1.29 is 14.4 Å². The van der Waals surface area contributed by atoms with Crippen molar-refractivity contribution in [2.24, 2.45) is 11.8 Å². The van der Waals surface area contributed by atoms with Gasteiger partial charge in [-0.1, -0.05) is 48.4 Å². The predicted molar refractivity (Wildman–Crippen MR) is 132 cm³/mol. The predicted octanol–water partition coefficient (Wildman–Crippen LogP) is 3.31. The SMILES string of the molecule is O=C1N[C@@H](CCC(=O)N2CCCC3=C[C@H]4C[C@@H](CN5CCCC[C@@H]45)[C@H]32)C(=O)N1Cc1ccccc1. The first-order chi connectivity index (χ1) is 17.1. The lowest BCUT2D eigenvalue weighted by molar-refractivity contribution is -0.136. The summed E-state index contributed by atoms with van der Waals surface area (Å²) < 4.78 is 0. The van der Waals surface area contributed by atoms with Gasteiger partial charge in [0.25, 0.3) is 5.91 Å². The smallest absolute Gasteiger partial charge is 0.325 e. The van der Waals surface area contributed by atoms with Crippen LogP contribution in [-0.4, -0.2) is 70.3 Å². The Balaban J connectivity index is 1.10. The number of amides is 4. The molecular formula is C28H36N4O3. The minimum atomic E-state index is -0.616. The van der Waals surface area contributed by atoms with E-state index in [1.54, 1.807) is 0 Å². The molecule has 6 rings (SSSR count). The van der Waals surface area contributed by atoms with E-state index in [0.29, 0.717) is 30.7 Å². The number of hydrogen-bond acceptors (Lipinski definition) is 4. The Morgan fingerprint density at radius 3 is 2.77 bits per heavy atom. The molecule has 5 aliphatic rings. The van der Waals surface area contributed by atoms with E-state index in [1.165, 1.54) is 42.7 Å². The maximum atomic E-state index is 13.5. The van der Waals surface area contributed by atoms with Crippen LogP contribution >= 0.6 is 0 Å². The van der Waals surface area contributed by atoms with E-state index in [2.05, 4.69) is 21.2 Å². The van der Waals surface area contributed by atoms with Crippen LogP contribution in [-0.2, 0) is 16.1 Å². The van der Waals surface area contributed by atoms with Gasteiger partial charge in [0.1, 0.15) is 6.04 Å². The number of benzene rings is 1. The minimum absolute atomic E-state index is 0.128. The van der Waals surface area contributed by atoms with Gasteiger partial charge in [0.2, 0.25) is 5.91 Å². The molecule has 0 radical (unpaired) electrons. The molecule has 5 atom stereocenters. The van der Waals surface area contributed by atoms with Gasteiger partial charge < -0.3 is 10.2 Å². The Morgan fingerprint density at radius 2 is 1.91 bits per heavy atom. The molecule has 4 aliphatic heterocycles. The van der Waals surface area contributed by atoms with E-state index in [4.69, 9.17) is 0 Å². The maximum absolute atomic E-state index is 13.5. The second-order valence-corrected chi connectivity index (χ2v) is 11.0. The molecule has 0 saturated carbocycles. The van der Waals surface area contributed by atoms with Crippen LogP contribution in [0.2, 0.25) is 0 Å². The van der Waals surface area contributed by atoms with E-state index in [-0.39, 0.29) is 30.4 Å². The summed E-state index contributed by atoms with van der Waals surface area (Å²) in [5.74, 6) is 1.07. The molecule has 35 heavy (non-hydrogen) atoms. The lowest BCUT2D eigenvalue weighted by Crippen LogP contribution is -2.60. The topological polar surface area (TPSA) is 73.0 Å². The molecule has 7 nitrogen and oxygen atoms in total. The van der Waals surface area contributed by atoms with Crippen LogP contribution < -0.4 is 5.32 Å². The lowest BCUT2D eigenvalue weighted by atomic mass is 9.68. The number of likely N-dealkylation sites (tertiary alicyclic amines) is 1. The van der Waals surface area contributed by atoms with Crippen LogP contribution in [0.25, 0.3) is 0 Å². The van der Waals surface area contributed by atoms with Crippen molar-refractivity contribution in [3.05, 3.63) is 47.5 Å². The van der Waals surface area contributed by atoms with Crippen LogP contribution in [0.15, 0.2) is 42.0 Å². The number of nitrogens with one attached hydrogen (secondary N) is 1. The van der Waals surface area contributed by atoms with E-state index in [9.17, 15) is 14.4 Å². The van der Waals surface area contributed by atoms with E-state index in [1.807, 2.05) is 30.3 Å². The van der Waals surface area contributed by atoms with E-state index < -0.39 is 6.04 Å². The van der Waals surface area contributed by atoms with Gasteiger partial charge in [-0.05, 0) is 62.5 Å². The fourth-order valence-electron chi connectivity index (χ4n) is 7.35. The highest BCUT2D eigenvalue weighted by Crippen LogP contribution is 2.45. The number of carbonyl (C=O) groups excluding carboxylic acids is 3. The summed E-state index contributed by atoms with van der Waals surface area (Å²) in [6.07, 6.45) is 10.5. The van der Waals surface area contributed by atoms with Crippen molar-refractivity contribution >= 4 is 17.8 Å². The molecule has 186 valence electrons. The quantitative estimate of drug-likeness (QED) is 0.523. The first kappa shape index (κ1) is 22.8. The average molecular weight is 477 g/mol. The molecule has 0 aromatic heterocycles. The third-order valence-corrected chi connectivity index (χ3v) is 8.91. The molecular weight excluding hydrogens is 440 g/mol. The molecule has 0 spiro atoms. The fourth-order valence-corrected chi connectivity index (χ4v) is 7.35. The monoisotopic (exact) mass is 476 g/mol. The number of nitrogens with zero attached hydrogens (tertiary/aromatic N) is 3. The summed E-state index contributed by atoms with van der Waals surface area (Å²) in [5, 5.41) is 2.80. The van der Waals surface area contributed by atoms with Crippen molar-refractivity contribution in [3.8, 4) is 0 Å². The number of fused-ring (bicyclic) bond motifs is 6. The Hall–Kier alpha value is -2.67.